The molecule has 2 fully saturated rings. The molecule has 0 aromatic rings. The summed E-state index contributed by atoms with van der Waals surface area (Å²) in [5, 5.41) is 12.4. The minimum Gasteiger partial charge on any atom is -0.480 e. The van der Waals surface area contributed by atoms with E-state index < -0.39 is 11.4 Å². The Morgan fingerprint density at radius 3 is 2.45 bits per heavy atom. The van der Waals surface area contributed by atoms with Crippen molar-refractivity contribution in [1.82, 2.24) is 10.2 Å². The molecule has 0 aromatic carbocycles. The number of aliphatic carboxylic acids is 1. The van der Waals surface area contributed by atoms with Crippen LogP contribution < -0.4 is 5.32 Å². The summed E-state index contributed by atoms with van der Waals surface area (Å²) >= 11 is 0. The van der Waals surface area contributed by atoms with Crippen molar-refractivity contribution in [3.8, 4) is 0 Å². The molecule has 2 N–H and O–H groups in total. The first-order valence-electron chi connectivity index (χ1n) is 7.46. The number of carbonyl (C=O) groups is 2. The Morgan fingerprint density at radius 1 is 1.25 bits per heavy atom. The second-order valence-corrected chi connectivity index (χ2v) is 6.51. The van der Waals surface area contributed by atoms with E-state index in [0.717, 1.165) is 13.1 Å². The average Bonchev–Trinajstić information content (AvgIpc) is 3.00. The predicted molar refractivity (Wildman–Crippen MR) is 74.1 cm³/mol. The van der Waals surface area contributed by atoms with Crippen molar-refractivity contribution in [1.29, 1.82) is 0 Å². The zero-order valence-corrected chi connectivity index (χ0v) is 11.8. The monoisotopic (exact) mass is 278 g/mol. The molecule has 0 bridgehead atoms. The van der Waals surface area contributed by atoms with E-state index in [1.54, 1.807) is 12.2 Å². The number of carboxylic acid groups (broad SMARTS) is 1. The molecule has 5 heteroatoms. The molecule has 3 aliphatic rings. The first-order valence-corrected chi connectivity index (χ1v) is 7.46. The summed E-state index contributed by atoms with van der Waals surface area (Å²) in [6, 6.07) is 0.779. The highest BCUT2D eigenvalue weighted by atomic mass is 16.4. The van der Waals surface area contributed by atoms with Gasteiger partial charge in [0, 0.05) is 25.2 Å². The normalized spacial score (nSPS) is 32.5. The van der Waals surface area contributed by atoms with Crippen LogP contribution in [0.3, 0.4) is 0 Å². The third kappa shape index (κ3) is 2.24. The third-order valence-corrected chi connectivity index (χ3v) is 4.96. The average molecular weight is 278 g/mol. The summed E-state index contributed by atoms with van der Waals surface area (Å²) in [4.78, 5) is 26.4. The second kappa shape index (κ2) is 4.88. The quantitative estimate of drug-likeness (QED) is 0.595. The minimum absolute atomic E-state index is 0.0833. The molecular formula is C15H22N2O3. The summed E-state index contributed by atoms with van der Waals surface area (Å²) in [6.07, 6.45) is 6.72. The SMILES string of the molecule is CC1CN(C2CC2)CC1NC(=O)C1(C(=O)O)CC=CC1. The Labute approximate surface area is 119 Å². The van der Waals surface area contributed by atoms with Crippen LogP contribution in [0.4, 0.5) is 0 Å². The van der Waals surface area contributed by atoms with Crippen LogP contribution in [-0.2, 0) is 9.59 Å². The molecule has 0 aromatic heterocycles. The fraction of sp³-hybridized carbons (Fsp3) is 0.733. The van der Waals surface area contributed by atoms with Gasteiger partial charge in [0.2, 0.25) is 5.91 Å². The molecule has 1 saturated carbocycles. The highest BCUT2D eigenvalue weighted by molar-refractivity contribution is 6.02. The first-order chi connectivity index (χ1) is 9.53. The molecule has 2 unspecified atom stereocenters. The standard InChI is InChI=1S/C15H22N2O3/c1-10-8-17(11-4-5-11)9-12(10)16-13(18)15(14(19)20)6-2-3-7-15/h2-3,10-12H,4-9H2,1H3,(H,16,18)(H,19,20). The molecule has 3 rings (SSSR count). The van der Waals surface area contributed by atoms with Crippen molar-refractivity contribution in [2.45, 2.75) is 44.7 Å². The Hall–Kier alpha value is -1.36. The second-order valence-electron chi connectivity index (χ2n) is 6.51. The molecule has 1 aliphatic heterocycles. The molecule has 110 valence electrons. The van der Waals surface area contributed by atoms with Crippen LogP contribution in [-0.4, -0.2) is 47.1 Å². The van der Waals surface area contributed by atoms with Gasteiger partial charge in [0.05, 0.1) is 0 Å². The highest BCUT2D eigenvalue weighted by Gasteiger charge is 2.48. The van der Waals surface area contributed by atoms with Crippen molar-refractivity contribution in [2.75, 3.05) is 13.1 Å². The van der Waals surface area contributed by atoms with Crippen LogP contribution in [0.25, 0.3) is 0 Å². The lowest BCUT2D eigenvalue weighted by Crippen LogP contribution is -2.50. The van der Waals surface area contributed by atoms with Crippen molar-refractivity contribution < 1.29 is 14.7 Å². The summed E-state index contributed by atoms with van der Waals surface area (Å²) in [7, 11) is 0. The van der Waals surface area contributed by atoms with Gasteiger partial charge in [-0.25, -0.2) is 0 Å². The van der Waals surface area contributed by atoms with E-state index in [9.17, 15) is 14.7 Å². The number of hydrogen-bond acceptors (Lipinski definition) is 3. The minimum atomic E-state index is -1.27. The zero-order chi connectivity index (χ0) is 14.3. The number of allylic oxidation sites excluding steroid dienone is 2. The van der Waals surface area contributed by atoms with Crippen molar-refractivity contribution >= 4 is 11.9 Å². The predicted octanol–water partition coefficient (Wildman–Crippen LogP) is 1.01. The maximum absolute atomic E-state index is 12.5. The number of carbonyl (C=O) groups excluding carboxylic acids is 1. The molecule has 0 spiro atoms. The van der Waals surface area contributed by atoms with E-state index in [0.29, 0.717) is 24.8 Å². The van der Waals surface area contributed by atoms with E-state index in [-0.39, 0.29) is 11.9 Å². The smallest absolute Gasteiger partial charge is 0.319 e. The van der Waals surface area contributed by atoms with Crippen molar-refractivity contribution in [3.05, 3.63) is 12.2 Å². The molecule has 20 heavy (non-hydrogen) atoms. The maximum Gasteiger partial charge on any atom is 0.319 e. The van der Waals surface area contributed by atoms with Crippen LogP contribution >= 0.6 is 0 Å². The van der Waals surface area contributed by atoms with E-state index in [2.05, 4.69) is 17.1 Å². The van der Waals surface area contributed by atoms with Gasteiger partial charge in [-0.15, -0.1) is 0 Å². The van der Waals surface area contributed by atoms with Crippen molar-refractivity contribution in [3.63, 3.8) is 0 Å². The Balaban J connectivity index is 1.64. The number of carboxylic acids is 1. The van der Waals surface area contributed by atoms with Gasteiger partial charge in [-0.05, 0) is 31.6 Å². The molecule has 1 heterocycles. The van der Waals surface area contributed by atoms with Crippen molar-refractivity contribution in [2.24, 2.45) is 11.3 Å². The summed E-state index contributed by atoms with van der Waals surface area (Å²) < 4.78 is 0. The molecule has 1 saturated heterocycles. The van der Waals surface area contributed by atoms with E-state index >= 15 is 0 Å². The highest BCUT2D eigenvalue weighted by Crippen LogP contribution is 2.35. The van der Waals surface area contributed by atoms with Gasteiger partial charge in [-0.2, -0.15) is 0 Å². The molecular weight excluding hydrogens is 256 g/mol. The molecule has 2 aliphatic carbocycles. The lowest BCUT2D eigenvalue weighted by molar-refractivity contribution is -0.155. The fourth-order valence-electron chi connectivity index (χ4n) is 3.35. The van der Waals surface area contributed by atoms with E-state index in [1.165, 1.54) is 12.8 Å². The van der Waals surface area contributed by atoms with Crippen LogP contribution in [0.1, 0.15) is 32.6 Å². The number of rotatable bonds is 4. The van der Waals surface area contributed by atoms with Crippen LogP contribution in [0, 0.1) is 11.3 Å². The zero-order valence-electron chi connectivity index (χ0n) is 11.8. The van der Waals surface area contributed by atoms with Crippen LogP contribution in [0.15, 0.2) is 12.2 Å². The Kier molecular flexibility index (Phi) is 3.32. The first kappa shape index (κ1) is 13.6. The van der Waals surface area contributed by atoms with Gasteiger partial charge >= 0.3 is 5.97 Å². The number of hydrogen-bond donors (Lipinski definition) is 2. The number of likely N-dealkylation sites (tertiary alicyclic amines) is 1. The largest absolute Gasteiger partial charge is 0.480 e. The third-order valence-electron chi connectivity index (χ3n) is 4.96. The van der Waals surface area contributed by atoms with Crippen LogP contribution in [0.5, 0.6) is 0 Å². The maximum atomic E-state index is 12.5. The summed E-state index contributed by atoms with van der Waals surface area (Å²) in [5.74, 6) is -0.936. The Bertz CT molecular complexity index is 448. The van der Waals surface area contributed by atoms with Gasteiger partial charge < -0.3 is 10.4 Å². The molecule has 5 nitrogen and oxygen atoms in total. The van der Waals surface area contributed by atoms with Gasteiger partial charge in [0.1, 0.15) is 0 Å². The molecule has 1 amide bonds. The van der Waals surface area contributed by atoms with Gasteiger partial charge in [-0.3, -0.25) is 14.5 Å². The lowest BCUT2D eigenvalue weighted by atomic mass is 9.84. The van der Waals surface area contributed by atoms with Crippen LogP contribution in [0.2, 0.25) is 0 Å². The topological polar surface area (TPSA) is 69.6 Å². The van der Waals surface area contributed by atoms with E-state index in [4.69, 9.17) is 0 Å². The number of nitrogens with zero attached hydrogens (tertiary/aromatic N) is 1. The number of nitrogens with one attached hydrogen (secondary N) is 1. The lowest BCUT2D eigenvalue weighted by Gasteiger charge is -2.26. The number of amides is 1. The fourth-order valence-corrected chi connectivity index (χ4v) is 3.35. The van der Waals surface area contributed by atoms with E-state index in [1.807, 2.05) is 0 Å². The molecule has 2 atom stereocenters. The van der Waals surface area contributed by atoms with Gasteiger partial charge in [0.25, 0.3) is 0 Å². The summed E-state index contributed by atoms with van der Waals surface area (Å²) in [6.45, 7) is 4.00. The van der Waals surface area contributed by atoms with Gasteiger partial charge in [-0.1, -0.05) is 19.1 Å². The molecule has 0 radical (unpaired) electrons. The summed E-state index contributed by atoms with van der Waals surface area (Å²) in [5.41, 5.74) is -1.27. The Morgan fingerprint density at radius 2 is 1.90 bits per heavy atom. The van der Waals surface area contributed by atoms with Gasteiger partial charge in [0.15, 0.2) is 5.41 Å².